The summed E-state index contributed by atoms with van der Waals surface area (Å²) in [5.74, 6) is -4.42. The van der Waals surface area contributed by atoms with Gasteiger partial charge in [-0.15, -0.1) is 0 Å². The van der Waals surface area contributed by atoms with Gasteiger partial charge in [0.05, 0.1) is 12.2 Å². The van der Waals surface area contributed by atoms with Crippen LogP contribution in [0.3, 0.4) is 0 Å². The molecule has 2 aromatic heterocycles. The van der Waals surface area contributed by atoms with Gasteiger partial charge in [-0.3, -0.25) is 9.78 Å². The third-order valence-electron chi connectivity index (χ3n) is 8.05. The Morgan fingerprint density at radius 2 is 1.67 bits per heavy atom. The van der Waals surface area contributed by atoms with E-state index in [0.29, 0.717) is 24.7 Å². The monoisotopic (exact) mass is 656 g/mol. The van der Waals surface area contributed by atoms with Gasteiger partial charge < -0.3 is 16.8 Å². The molecule has 46 heavy (non-hydrogen) atoms. The fourth-order valence-corrected chi connectivity index (χ4v) is 7.35. The zero-order chi connectivity index (χ0) is 33.0. The number of benzene rings is 2. The molecule has 5 rings (SSSR count). The number of carbonyl (C=O) groups excluding carboxylic acids is 1. The third-order valence-corrected chi connectivity index (χ3v) is 9.99. The lowest BCUT2D eigenvalue weighted by Gasteiger charge is -2.35. The third kappa shape index (κ3) is 7.41. The summed E-state index contributed by atoms with van der Waals surface area (Å²) in [6, 6.07) is 8.74. The Labute approximate surface area is 263 Å². The number of halogens is 4. The second kappa shape index (κ2) is 14.0. The van der Waals surface area contributed by atoms with Crippen molar-refractivity contribution in [2.24, 2.45) is 5.73 Å². The van der Waals surface area contributed by atoms with Crippen molar-refractivity contribution in [1.29, 1.82) is 0 Å². The van der Waals surface area contributed by atoms with E-state index in [4.69, 9.17) is 11.5 Å². The molecule has 1 aliphatic rings. The predicted molar refractivity (Wildman–Crippen MR) is 163 cm³/mol. The number of ketones is 1. The molecule has 0 saturated carbocycles. The number of nitrogen functional groups attached to an aromatic ring is 1. The van der Waals surface area contributed by atoms with Gasteiger partial charge in [-0.05, 0) is 71.5 Å². The fraction of sp³-hybridized carbons (Fsp3) is 0.281. The van der Waals surface area contributed by atoms with Crippen molar-refractivity contribution in [3.63, 3.8) is 0 Å². The highest BCUT2D eigenvalue weighted by molar-refractivity contribution is 7.89. The highest BCUT2D eigenvalue weighted by Gasteiger charge is 2.34. The molecule has 14 heteroatoms. The normalized spacial score (nSPS) is 17.0. The zero-order valence-electron chi connectivity index (χ0n) is 24.5. The number of anilines is 1. The minimum absolute atomic E-state index is 0.0159. The molecule has 0 unspecified atom stereocenters. The van der Waals surface area contributed by atoms with Gasteiger partial charge in [0.1, 0.15) is 34.0 Å². The molecule has 9 nitrogen and oxygen atoms in total. The average molecular weight is 657 g/mol. The van der Waals surface area contributed by atoms with Gasteiger partial charge in [-0.2, -0.15) is 4.31 Å². The van der Waals surface area contributed by atoms with E-state index in [1.165, 1.54) is 41.0 Å². The highest BCUT2D eigenvalue weighted by Crippen LogP contribution is 2.31. The molecular formula is C32H32F4N6O3S. The Kier molecular flexibility index (Phi) is 10.1. The van der Waals surface area contributed by atoms with E-state index < -0.39 is 57.1 Å². The summed E-state index contributed by atoms with van der Waals surface area (Å²) in [6.45, 7) is 0.919. The van der Waals surface area contributed by atoms with Crippen LogP contribution >= 0.6 is 0 Å². The molecule has 0 aliphatic carbocycles. The Balaban J connectivity index is 1.38. The van der Waals surface area contributed by atoms with Gasteiger partial charge in [0.2, 0.25) is 10.0 Å². The second-order valence-corrected chi connectivity index (χ2v) is 13.0. The number of Topliss-reactive ketones (excluding diaryl/α,β-unsaturated/α-hetero) is 1. The lowest BCUT2D eigenvalue weighted by Crippen LogP contribution is -2.53. The van der Waals surface area contributed by atoms with Crippen LogP contribution in [0.5, 0.6) is 0 Å². The van der Waals surface area contributed by atoms with Crippen molar-refractivity contribution in [2.75, 3.05) is 25.4 Å². The summed E-state index contributed by atoms with van der Waals surface area (Å²) in [4.78, 5) is 21.4. The maximum atomic E-state index is 15.2. The number of hydrogen-bond donors (Lipinski definition) is 3. The molecule has 3 atom stereocenters. The van der Waals surface area contributed by atoms with E-state index in [0.717, 1.165) is 30.5 Å². The molecule has 242 valence electrons. The Morgan fingerprint density at radius 1 is 0.957 bits per heavy atom. The standard InChI is InChI=1S/C32H32F4N6O3S/c33-22-3-1-19(2-4-22)31(20-11-23(34)14-24(35)12-20)32(38)29(43)13-21-15-40-18-28(36)27(21)7-5-25-16-39-9-10-42(25)46(44,45)26-6-8-30(37)41-17-26/h1-4,6,8,11-12,14-15,17-18,25,31-32,39H,5,7,9-10,13,16,38H2,(H2,37,41)/t25-,31-,32+/m0/s1. The van der Waals surface area contributed by atoms with Crippen LogP contribution in [0.1, 0.15) is 34.6 Å². The van der Waals surface area contributed by atoms with Gasteiger partial charge in [-0.1, -0.05) is 12.1 Å². The van der Waals surface area contributed by atoms with Gasteiger partial charge >= 0.3 is 0 Å². The smallest absolute Gasteiger partial charge is 0.244 e. The minimum atomic E-state index is -3.93. The Hall–Kier alpha value is -4.24. The number of hydrogen-bond acceptors (Lipinski definition) is 8. The molecule has 5 N–H and O–H groups in total. The quantitative estimate of drug-likeness (QED) is 0.208. The number of nitrogens with two attached hydrogens (primary N) is 2. The summed E-state index contributed by atoms with van der Waals surface area (Å²) >= 11 is 0. The van der Waals surface area contributed by atoms with E-state index in [1.54, 1.807) is 0 Å². The van der Waals surface area contributed by atoms with Gasteiger partial charge in [0.25, 0.3) is 0 Å². The van der Waals surface area contributed by atoms with Crippen LogP contribution in [0.4, 0.5) is 23.4 Å². The topological polar surface area (TPSA) is 144 Å². The maximum Gasteiger partial charge on any atom is 0.244 e. The molecule has 0 spiro atoms. The number of carbonyl (C=O) groups is 1. The summed E-state index contributed by atoms with van der Waals surface area (Å²) in [6.07, 6.45) is 3.46. The number of nitrogens with one attached hydrogen (secondary N) is 1. The summed E-state index contributed by atoms with van der Waals surface area (Å²) in [7, 11) is -3.93. The average Bonchev–Trinajstić information content (AvgIpc) is 3.01. The van der Waals surface area contributed by atoms with Crippen molar-refractivity contribution in [3.05, 3.63) is 119 Å². The van der Waals surface area contributed by atoms with Crippen LogP contribution in [0.15, 0.2) is 78.1 Å². The molecule has 1 aliphatic heterocycles. The maximum absolute atomic E-state index is 15.2. The number of piperazine rings is 1. The molecule has 3 heterocycles. The number of nitrogens with zero attached hydrogens (tertiary/aromatic N) is 3. The largest absolute Gasteiger partial charge is 0.384 e. The summed E-state index contributed by atoms with van der Waals surface area (Å²) in [5.41, 5.74) is 12.9. The predicted octanol–water partition coefficient (Wildman–Crippen LogP) is 3.48. The van der Waals surface area contributed by atoms with Crippen LogP contribution in [-0.2, 0) is 27.7 Å². The molecule has 4 aromatic rings. The molecular weight excluding hydrogens is 624 g/mol. The van der Waals surface area contributed by atoms with Crippen molar-refractivity contribution >= 4 is 21.6 Å². The Morgan fingerprint density at radius 3 is 2.35 bits per heavy atom. The number of sulfonamides is 1. The molecule has 1 saturated heterocycles. The first-order chi connectivity index (χ1) is 21.9. The van der Waals surface area contributed by atoms with Gasteiger partial charge in [0.15, 0.2) is 5.78 Å². The first-order valence-corrected chi connectivity index (χ1v) is 15.9. The van der Waals surface area contributed by atoms with Crippen LogP contribution < -0.4 is 16.8 Å². The van der Waals surface area contributed by atoms with E-state index in [-0.39, 0.29) is 53.2 Å². The molecule has 0 bridgehead atoms. The number of aromatic nitrogens is 2. The number of pyridine rings is 2. The summed E-state index contributed by atoms with van der Waals surface area (Å²) < 4.78 is 85.5. The highest BCUT2D eigenvalue weighted by atomic mass is 32.2. The van der Waals surface area contributed by atoms with Crippen LogP contribution in [0.25, 0.3) is 0 Å². The van der Waals surface area contributed by atoms with E-state index in [2.05, 4.69) is 15.3 Å². The van der Waals surface area contributed by atoms with Crippen molar-refractivity contribution in [2.45, 2.75) is 42.2 Å². The molecule has 0 radical (unpaired) electrons. The summed E-state index contributed by atoms with van der Waals surface area (Å²) in [5, 5.41) is 3.17. The fourth-order valence-electron chi connectivity index (χ4n) is 5.75. The van der Waals surface area contributed by atoms with Crippen LogP contribution in [-0.4, -0.2) is 60.2 Å². The van der Waals surface area contributed by atoms with E-state index >= 15 is 4.39 Å². The van der Waals surface area contributed by atoms with Crippen molar-refractivity contribution < 1.29 is 30.8 Å². The van der Waals surface area contributed by atoms with Gasteiger partial charge in [0, 0.05) is 56.5 Å². The van der Waals surface area contributed by atoms with Crippen molar-refractivity contribution in [1.82, 2.24) is 19.6 Å². The van der Waals surface area contributed by atoms with Crippen molar-refractivity contribution in [3.8, 4) is 0 Å². The molecule has 1 fully saturated rings. The Bertz CT molecular complexity index is 1790. The van der Waals surface area contributed by atoms with Gasteiger partial charge in [-0.25, -0.2) is 31.0 Å². The lowest BCUT2D eigenvalue weighted by molar-refractivity contribution is -0.119. The lowest BCUT2D eigenvalue weighted by atomic mass is 9.82. The van der Waals surface area contributed by atoms with Crippen LogP contribution in [0, 0.1) is 23.3 Å². The van der Waals surface area contributed by atoms with E-state index in [9.17, 15) is 26.4 Å². The van der Waals surface area contributed by atoms with Crippen LogP contribution in [0.2, 0.25) is 0 Å². The first-order valence-electron chi connectivity index (χ1n) is 14.5. The SMILES string of the molecule is Nc1ccc(S(=O)(=O)N2CCNC[C@@H]2CCc2c(F)cncc2CC(=O)[C@@H](N)[C@@H](c2ccc(F)cc2)c2cc(F)cc(F)c2)cn1. The number of rotatable bonds is 11. The zero-order valence-corrected chi connectivity index (χ0v) is 25.4. The molecule has 2 aromatic carbocycles. The second-order valence-electron chi connectivity index (χ2n) is 11.1. The molecule has 0 amide bonds. The first kappa shape index (κ1) is 33.1. The van der Waals surface area contributed by atoms with E-state index in [1.807, 2.05) is 0 Å². The minimum Gasteiger partial charge on any atom is -0.384 e.